The van der Waals surface area contributed by atoms with Crippen molar-refractivity contribution in [2.24, 2.45) is 0 Å². The van der Waals surface area contributed by atoms with Crippen molar-refractivity contribution < 1.29 is 41.1 Å². The average molecular weight is 509 g/mol. The van der Waals surface area contributed by atoms with Crippen molar-refractivity contribution >= 4 is 15.9 Å². The van der Waals surface area contributed by atoms with E-state index in [0.29, 0.717) is 0 Å². The molecule has 1 aliphatic rings. The van der Waals surface area contributed by atoms with Gasteiger partial charge >= 0.3 is 0 Å². The van der Waals surface area contributed by atoms with Crippen LogP contribution < -0.4 is 0 Å². The van der Waals surface area contributed by atoms with Crippen molar-refractivity contribution in [3.8, 4) is 0 Å². The van der Waals surface area contributed by atoms with E-state index < -0.39 is 46.1 Å². The molecule has 0 bridgehead atoms. The number of ketones is 1. The van der Waals surface area contributed by atoms with Crippen LogP contribution in [0.4, 0.5) is 0 Å². The number of rotatable bonds is 13. The zero-order valence-electron chi connectivity index (χ0n) is 20.3. The zero-order chi connectivity index (χ0) is 25.5. The minimum atomic E-state index is -3.86. The molecule has 0 aromatic heterocycles. The molecule has 4 atom stereocenters. The Morgan fingerprint density at radius 2 is 1.51 bits per heavy atom. The maximum atomic E-state index is 13.0. The average Bonchev–Trinajstić information content (AvgIpc) is 3.12. The first-order valence-electron chi connectivity index (χ1n) is 11.1. The maximum Gasteiger partial charge on any atom is 0.264 e. The summed E-state index contributed by atoms with van der Waals surface area (Å²) in [5.41, 5.74) is -1.50. The molecule has 0 saturated carbocycles. The van der Waals surface area contributed by atoms with Gasteiger partial charge in [-0.3, -0.25) is 8.98 Å². The fourth-order valence-electron chi connectivity index (χ4n) is 4.21. The number of ether oxygens (including phenoxy) is 5. The van der Waals surface area contributed by atoms with Crippen molar-refractivity contribution in [1.29, 1.82) is 0 Å². The molecule has 0 unspecified atom stereocenters. The van der Waals surface area contributed by atoms with Crippen LogP contribution >= 0.6 is 0 Å². The predicted octanol–water partition coefficient (Wildman–Crippen LogP) is 2.48. The molecule has 0 spiro atoms. The number of benzene rings is 2. The summed E-state index contributed by atoms with van der Waals surface area (Å²) in [6.07, 6.45) is -1.39. The molecule has 1 saturated heterocycles. The van der Waals surface area contributed by atoms with E-state index in [1.165, 1.54) is 21.1 Å². The molecule has 2 aromatic rings. The predicted molar refractivity (Wildman–Crippen MR) is 127 cm³/mol. The normalized spacial score (nSPS) is 26.6. The quantitative estimate of drug-likeness (QED) is 0.377. The first-order valence-corrected chi connectivity index (χ1v) is 12.9. The Bertz CT molecular complexity index is 1060. The molecular weight excluding hydrogens is 476 g/mol. The molecule has 0 aliphatic carbocycles. The van der Waals surface area contributed by atoms with Gasteiger partial charge in [-0.05, 0) is 18.1 Å². The number of methoxy groups -OCH3 is 2. The van der Waals surface area contributed by atoms with Gasteiger partial charge in [0.2, 0.25) is 5.60 Å². The molecule has 0 amide bonds. The summed E-state index contributed by atoms with van der Waals surface area (Å²) in [7, 11) is -1.14. The van der Waals surface area contributed by atoms with Gasteiger partial charge in [0.25, 0.3) is 10.1 Å². The van der Waals surface area contributed by atoms with Crippen LogP contribution in [0.15, 0.2) is 60.7 Å². The second-order valence-electron chi connectivity index (χ2n) is 8.43. The van der Waals surface area contributed by atoms with Crippen molar-refractivity contribution in [3.63, 3.8) is 0 Å². The number of carbonyl (C=O) groups is 1. The minimum Gasteiger partial charge on any atom is -0.374 e. The number of Topliss-reactive ketones (excluding diaryl/α,β-unsaturated/α-hetero) is 1. The Morgan fingerprint density at radius 1 is 0.943 bits per heavy atom. The van der Waals surface area contributed by atoms with Crippen LogP contribution in [0.5, 0.6) is 0 Å². The molecule has 1 heterocycles. The van der Waals surface area contributed by atoms with Gasteiger partial charge in [-0.2, -0.15) is 8.42 Å². The van der Waals surface area contributed by atoms with Crippen LogP contribution in [0.3, 0.4) is 0 Å². The lowest BCUT2D eigenvalue weighted by molar-refractivity contribution is -0.219. The van der Waals surface area contributed by atoms with Gasteiger partial charge in [0.05, 0.1) is 26.1 Å². The molecular formula is C25H32O9S. The van der Waals surface area contributed by atoms with Crippen molar-refractivity contribution in [2.45, 2.75) is 43.7 Å². The second kappa shape index (κ2) is 11.7. The lowest BCUT2D eigenvalue weighted by Gasteiger charge is -2.38. The third-order valence-corrected chi connectivity index (χ3v) is 6.44. The number of carbonyl (C=O) groups excluding carboxylic acids is 1. The van der Waals surface area contributed by atoms with Crippen LogP contribution in [0.2, 0.25) is 0 Å². The summed E-state index contributed by atoms with van der Waals surface area (Å²) in [5, 5.41) is 0. The molecule has 1 aliphatic heterocycles. The summed E-state index contributed by atoms with van der Waals surface area (Å²) in [6.45, 7) is 1.03. The van der Waals surface area contributed by atoms with Crippen molar-refractivity contribution in [1.82, 2.24) is 0 Å². The highest BCUT2D eigenvalue weighted by molar-refractivity contribution is 7.85. The minimum absolute atomic E-state index is 0.100. The van der Waals surface area contributed by atoms with Crippen molar-refractivity contribution in [2.75, 3.05) is 33.7 Å². The summed E-state index contributed by atoms with van der Waals surface area (Å²) in [5.74, 6) is -0.408. The van der Waals surface area contributed by atoms with E-state index in [1.54, 1.807) is 0 Å². The molecule has 10 heteroatoms. The fraction of sp³-hybridized carbons (Fsp3) is 0.480. The monoisotopic (exact) mass is 508 g/mol. The van der Waals surface area contributed by atoms with Crippen LogP contribution in [-0.2, 0) is 56.0 Å². The molecule has 1 fully saturated rings. The number of hydrogen-bond acceptors (Lipinski definition) is 9. The van der Waals surface area contributed by atoms with E-state index in [4.69, 9.17) is 27.9 Å². The Balaban J connectivity index is 1.99. The first kappa shape index (κ1) is 27.4. The third-order valence-electron chi connectivity index (χ3n) is 5.90. The van der Waals surface area contributed by atoms with Crippen LogP contribution in [0, 0.1) is 0 Å². The van der Waals surface area contributed by atoms with E-state index in [9.17, 15) is 13.2 Å². The van der Waals surface area contributed by atoms with Gasteiger partial charge in [-0.25, -0.2) is 0 Å². The SMILES string of the molecule is CO[C@H]1O[C@@](COCc2ccccc2)(COS(C)(=O)=O)[C@@H](OCc2ccccc2)[C@]1(OC)C(C)=O. The van der Waals surface area contributed by atoms with Gasteiger partial charge in [0.1, 0.15) is 18.3 Å². The smallest absolute Gasteiger partial charge is 0.264 e. The summed E-state index contributed by atoms with van der Waals surface area (Å²) in [6, 6.07) is 18.8. The largest absolute Gasteiger partial charge is 0.374 e. The highest BCUT2D eigenvalue weighted by Crippen LogP contribution is 2.45. The van der Waals surface area contributed by atoms with Gasteiger partial charge in [0, 0.05) is 14.2 Å². The van der Waals surface area contributed by atoms with Crippen LogP contribution in [0.1, 0.15) is 18.1 Å². The van der Waals surface area contributed by atoms with E-state index in [2.05, 4.69) is 0 Å². The van der Waals surface area contributed by atoms with E-state index in [-0.39, 0.29) is 19.8 Å². The van der Waals surface area contributed by atoms with E-state index in [0.717, 1.165) is 17.4 Å². The van der Waals surface area contributed by atoms with Gasteiger partial charge in [0.15, 0.2) is 12.1 Å². The summed E-state index contributed by atoms with van der Waals surface area (Å²) < 4.78 is 58.7. The number of hydrogen-bond donors (Lipinski definition) is 0. The lowest BCUT2D eigenvalue weighted by Crippen LogP contribution is -2.61. The molecule has 9 nitrogen and oxygen atoms in total. The summed E-state index contributed by atoms with van der Waals surface area (Å²) in [4.78, 5) is 13.0. The third kappa shape index (κ3) is 6.34. The summed E-state index contributed by atoms with van der Waals surface area (Å²) >= 11 is 0. The highest BCUT2D eigenvalue weighted by Gasteiger charge is 2.69. The molecule has 0 radical (unpaired) electrons. The Morgan fingerprint density at radius 3 is 2.00 bits per heavy atom. The molecule has 3 rings (SSSR count). The zero-order valence-corrected chi connectivity index (χ0v) is 21.2. The van der Waals surface area contributed by atoms with E-state index in [1.807, 2.05) is 60.7 Å². The Labute approximate surface area is 206 Å². The lowest BCUT2D eigenvalue weighted by atomic mass is 9.84. The first-order chi connectivity index (χ1) is 16.7. The Kier molecular flexibility index (Phi) is 9.16. The molecule has 0 N–H and O–H groups in total. The molecule has 35 heavy (non-hydrogen) atoms. The van der Waals surface area contributed by atoms with Crippen LogP contribution in [-0.4, -0.2) is 71.5 Å². The van der Waals surface area contributed by atoms with Crippen LogP contribution in [0.25, 0.3) is 0 Å². The highest BCUT2D eigenvalue weighted by atomic mass is 32.2. The Hall–Kier alpha value is -2.18. The molecule has 192 valence electrons. The fourth-order valence-corrected chi connectivity index (χ4v) is 4.62. The topological polar surface area (TPSA) is 107 Å². The van der Waals surface area contributed by atoms with Gasteiger partial charge in [-0.15, -0.1) is 0 Å². The standard InChI is InChI=1S/C25H32O9S/c1-19(26)25(30-3)22(32-16-21-13-9-6-10-14-21)24(34-23(25)29-2,18-33-35(4,27)28)17-31-15-20-11-7-5-8-12-20/h5-14,22-23H,15-18H2,1-4H3/t22-,23+,24+,25-/m1/s1. The van der Waals surface area contributed by atoms with Gasteiger partial charge in [-0.1, -0.05) is 60.7 Å². The van der Waals surface area contributed by atoms with E-state index >= 15 is 0 Å². The molecule has 2 aromatic carbocycles. The second-order valence-corrected chi connectivity index (χ2v) is 10.1. The van der Waals surface area contributed by atoms with Crippen molar-refractivity contribution in [3.05, 3.63) is 71.8 Å². The van der Waals surface area contributed by atoms with Gasteiger partial charge < -0.3 is 23.7 Å². The maximum absolute atomic E-state index is 13.0.